The lowest BCUT2D eigenvalue weighted by Crippen LogP contribution is -2.81. The second-order valence-electron chi connectivity index (χ2n) is 21.4. The maximum absolute atomic E-state index is 15.2. The van der Waals surface area contributed by atoms with Crippen LogP contribution in [0.4, 0.5) is 4.79 Å². The van der Waals surface area contributed by atoms with Crippen molar-refractivity contribution in [2.24, 2.45) is 22.5 Å². The van der Waals surface area contributed by atoms with Crippen LogP contribution in [0.2, 0.25) is 0 Å². The third-order valence-electron chi connectivity index (χ3n) is 14.4. The minimum atomic E-state index is -3.67. The summed E-state index contributed by atoms with van der Waals surface area (Å²) in [6, 6.07) is 12.3. The molecule has 2 aromatic rings. The van der Waals surface area contributed by atoms with E-state index in [4.69, 9.17) is 52.9 Å². The lowest BCUT2D eigenvalue weighted by Gasteiger charge is -2.67. The number of nitrogens with one attached hydrogen (secondary N) is 1. The lowest BCUT2D eigenvalue weighted by molar-refractivity contribution is -0.346. The molecule has 4 aliphatic rings. The Hall–Kier alpha value is -6.39. The first kappa shape index (κ1) is 63.4. The van der Waals surface area contributed by atoms with E-state index < -0.39 is 160 Å². The number of esters is 6. The van der Waals surface area contributed by atoms with E-state index >= 15 is 9.59 Å². The molecule has 1 aliphatic heterocycles. The minimum Gasteiger partial charge on any atom is -0.462 e. The van der Waals surface area contributed by atoms with Crippen molar-refractivity contribution in [1.29, 1.82) is 0 Å². The molecular formula is C53H70N2O23S. The summed E-state index contributed by atoms with van der Waals surface area (Å²) < 4.78 is 76.4. The first-order valence-corrected chi connectivity index (χ1v) is 26.8. The van der Waals surface area contributed by atoms with E-state index in [9.17, 15) is 52.5 Å². The summed E-state index contributed by atoms with van der Waals surface area (Å²) in [4.78, 5) is 110. The molecule has 1 heterocycles. The van der Waals surface area contributed by atoms with Crippen molar-refractivity contribution in [3.05, 3.63) is 82.9 Å². The monoisotopic (exact) mass is 1130 g/mol. The van der Waals surface area contributed by atoms with Gasteiger partial charge in [-0.05, 0) is 63.5 Å². The molecule has 0 radical (unpaired) electrons. The van der Waals surface area contributed by atoms with Gasteiger partial charge in [-0.2, -0.15) is 8.42 Å². The topological polar surface area (TPSA) is 373 Å². The quantitative estimate of drug-likeness (QED) is 0.0432. The van der Waals surface area contributed by atoms with Crippen LogP contribution in [0.25, 0.3) is 0 Å². The third-order valence-corrected chi connectivity index (χ3v) is 14.4. The van der Waals surface area contributed by atoms with E-state index in [1.165, 1.54) is 59.1 Å². The standard InChI is InChI=1S/C52H66N2O20.CH4O3S/c1-27-32(70-46(63)40(38(29-16-12-10-13-17-29)54-47(64)74-48(3,4)5)71-36(58)25-68-35(57)22-31(53)45(62)67-21-20-66-9)24-52(65)43(72-44(61)30-18-14-11-15-19-30)41-50(8,42(60)39(59)37(27)49(52,6)7)33(56)23-34-51(41,26-69-34)73-28(2)55;1-5(2,3)4/h10-19,31-34,38-41,43,56,59,65H,20-26,53H2,1-9H3,(H,54,64);1H3,(H,2,3,4)/t31-,32-,33-,34+,38?,39+,40?,41-,43-,50+,51-,52+;/m0./s1. The zero-order valence-electron chi connectivity index (χ0n) is 45.5. The van der Waals surface area contributed by atoms with Gasteiger partial charge in [0.1, 0.15) is 54.3 Å². The van der Waals surface area contributed by atoms with Gasteiger partial charge in [-0.15, -0.1) is 0 Å². The number of hydrogen-bond acceptors (Lipinski definition) is 23. The lowest BCUT2D eigenvalue weighted by atomic mass is 9.44. The van der Waals surface area contributed by atoms with Crippen LogP contribution in [0.15, 0.2) is 71.8 Å². The van der Waals surface area contributed by atoms with Gasteiger partial charge >= 0.3 is 41.9 Å². The number of aliphatic hydroxyl groups is 3. The molecule has 436 valence electrons. The predicted molar refractivity (Wildman–Crippen MR) is 271 cm³/mol. The molecule has 3 fully saturated rings. The average molecular weight is 1140 g/mol. The minimum absolute atomic E-state index is 0.0112. The second-order valence-corrected chi connectivity index (χ2v) is 22.9. The number of carbonyl (C=O) groups excluding carboxylic acids is 8. The SMILES string of the molecule is COCCOC(=O)[C@@H](N)CC(=O)OCC(=O)OC(C(=O)O[C@H]1C[C@@]2(O)[C@@H](OC(=O)c3ccccc3)[C@@H]3[C@]4(OC(C)=O)CO[C@@H]4C[C@H](O)[C@@]3(C)C(=O)[C@H](O)C(=C1C)C2(C)C)C(NC(=O)OC(C)(C)C)c1ccccc1.CS(=O)(=O)O. The van der Waals surface area contributed by atoms with Gasteiger partial charge in [0, 0.05) is 32.3 Å². The highest BCUT2D eigenvalue weighted by atomic mass is 32.2. The number of aliphatic hydroxyl groups excluding tert-OH is 2. The van der Waals surface area contributed by atoms with Crippen LogP contribution in [-0.2, 0) is 81.5 Å². The molecule has 7 N–H and O–H groups in total. The zero-order chi connectivity index (χ0) is 59.2. The third kappa shape index (κ3) is 14.3. The molecule has 12 atom stereocenters. The fraction of sp³-hybridized carbons (Fsp3) is 0.585. The summed E-state index contributed by atoms with van der Waals surface area (Å²) in [5.74, 6) is -9.29. The van der Waals surface area contributed by atoms with Crippen molar-refractivity contribution >= 4 is 57.8 Å². The Kier molecular flexibility index (Phi) is 20.0. The first-order valence-electron chi connectivity index (χ1n) is 25.0. The maximum Gasteiger partial charge on any atom is 0.408 e. The number of ether oxygens (including phenoxy) is 9. The van der Waals surface area contributed by atoms with Crippen LogP contribution in [0.3, 0.4) is 0 Å². The number of benzene rings is 2. The smallest absolute Gasteiger partial charge is 0.408 e. The molecule has 1 saturated heterocycles. The number of carbonyl (C=O) groups is 8. The van der Waals surface area contributed by atoms with Crippen LogP contribution < -0.4 is 11.1 Å². The molecule has 2 aromatic carbocycles. The van der Waals surface area contributed by atoms with Crippen LogP contribution in [-0.4, -0.2) is 175 Å². The Labute approximate surface area is 456 Å². The Morgan fingerprint density at radius 3 is 2.04 bits per heavy atom. The molecule has 25 nitrogen and oxygen atoms in total. The molecule has 6 rings (SSSR count). The Morgan fingerprint density at radius 2 is 1.49 bits per heavy atom. The van der Waals surface area contributed by atoms with E-state index in [1.807, 2.05) is 0 Å². The Bertz CT molecular complexity index is 2740. The molecule has 2 saturated carbocycles. The molecule has 0 spiro atoms. The number of Topliss-reactive ketones (excluding diaryl/α,β-unsaturated/α-hetero) is 1. The predicted octanol–water partition coefficient (Wildman–Crippen LogP) is 1.76. The molecule has 0 aromatic heterocycles. The number of hydrogen-bond donors (Lipinski definition) is 6. The number of ketones is 1. The Balaban J connectivity index is 0.00000219. The fourth-order valence-corrected chi connectivity index (χ4v) is 10.6. The van der Waals surface area contributed by atoms with Gasteiger partial charge < -0.3 is 69.0 Å². The number of amides is 1. The van der Waals surface area contributed by atoms with E-state index in [1.54, 1.807) is 57.2 Å². The number of fused-ring (bicyclic) bond motifs is 5. The number of nitrogens with two attached hydrogens (primary N) is 1. The molecular weight excluding hydrogens is 1060 g/mol. The van der Waals surface area contributed by atoms with Crippen LogP contribution in [0.1, 0.15) is 96.6 Å². The number of methoxy groups -OCH3 is 1. The summed E-state index contributed by atoms with van der Waals surface area (Å²) in [5, 5.41) is 40.7. The van der Waals surface area contributed by atoms with Crippen molar-refractivity contribution in [3.63, 3.8) is 0 Å². The zero-order valence-corrected chi connectivity index (χ0v) is 46.3. The molecule has 79 heavy (non-hydrogen) atoms. The van der Waals surface area contributed by atoms with Crippen molar-refractivity contribution in [1.82, 2.24) is 5.32 Å². The fourth-order valence-electron chi connectivity index (χ4n) is 10.6. The first-order chi connectivity index (χ1) is 36.6. The van der Waals surface area contributed by atoms with Crippen molar-refractivity contribution in [2.45, 2.75) is 140 Å². The van der Waals surface area contributed by atoms with E-state index in [0.29, 0.717) is 6.26 Å². The van der Waals surface area contributed by atoms with E-state index in [-0.39, 0.29) is 48.5 Å². The highest BCUT2D eigenvalue weighted by Crippen LogP contribution is 2.64. The number of rotatable bonds is 17. The van der Waals surface area contributed by atoms with Gasteiger partial charge in [0.25, 0.3) is 10.1 Å². The van der Waals surface area contributed by atoms with Gasteiger partial charge in [0.15, 0.2) is 18.0 Å². The van der Waals surface area contributed by atoms with E-state index in [0.717, 1.165) is 6.92 Å². The largest absolute Gasteiger partial charge is 0.462 e. The van der Waals surface area contributed by atoms with Gasteiger partial charge in [-0.3, -0.25) is 23.7 Å². The highest BCUT2D eigenvalue weighted by molar-refractivity contribution is 7.85. The molecule has 26 heteroatoms. The molecule has 2 bridgehead atoms. The molecule has 3 aliphatic carbocycles. The van der Waals surface area contributed by atoms with Crippen LogP contribution in [0.5, 0.6) is 0 Å². The van der Waals surface area contributed by atoms with E-state index in [2.05, 4.69) is 5.32 Å². The summed E-state index contributed by atoms with van der Waals surface area (Å²) >= 11 is 0. The normalized spacial score (nSPS) is 28.0. The van der Waals surface area contributed by atoms with Crippen LogP contribution >= 0.6 is 0 Å². The van der Waals surface area contributed by atoms with Crippen molar-refractivity contribution < 1.29 is 109 Å². The van der Waals surface area contributed by atoms with Gasteiger partial charge in [-0.1, -0.05) is 62.4 Å². The summed E-state index contributed by atoms with van der Waals surface area (Å²) in [6.07, 6.45) is -12.6. The van der Waals surface area contributed by atoms with Gasteiger partial charge in [0.05, 0.1) is 48.9 Å². The summed E-state index contributed by atoms with van der Waals surface area (Å²) in [7, 11) is -2.28. The average Bonchev–Trinajstić information content (AvgIpc) is 3.54. The number of alkyl carbamates (subject to hydrolysis) is 1. The Morgan fingerprint density at radius 1 is 0.899 bits per heavy atom. The van der Waals surface area contributed by atoms with Gasteiger partial charge in [-0.25, -0.2) is 19.2 Å². The molecule has 2 unspecified atom stereocenters. The second kappa shape index (κ2) is 25.0. The summed E-state index contributed by atoms with van der Waals surface area (Å²) in [6.45, 7) is 9.99. The highest BCUT2D eigenvalue weighted by Gasteiger charge is 2.78. The van der Waals surface area contributed by atoms with Crippen molar-refractivity contribution in [2.75, 3.05) is 39.8 Å². The molecule has 1 amide bonds. The maximum atomic E-state index is 15.2. The van der Waals surface area contributed by atoms with Gasteiger partial charge in [0.2, 0.25) is 6.10 Å². The van der Waals surface area contributed by atoms with Crippen molar-refractivity contribution in [3.8, 4) is 0 Å². The summed E-state index contributed by atoms with van der Waals surface area (Å²) in [5.41, 5.74) is -3.48. The van der Waals surface area contributed by atoms with Crippen LogP contribution in [0, 0.1) is 16.7 Å².